The molecule has 0 unspecified atom stereocenters. The Morgan fingerprint density at radius 1 is 0.700 bits per heavy atom. The molecule has 3 heteroatoms. The van der Waals surface area contributed by atoms with E-state index in [-0.39, 0.29) is 0 Å². The number of aromatic nitrogens is 1. The first-order valence-corrected chi connectivity index (χ1v) is 6.79. The van der Waals surface area contributed by atoms with Gasteiger partial charge in [0.05, 0.1) is 4.51 Å². The van der Waals surface area contributed by atoms with Crippen LogP contribution in [0, 0.1) is 4.51 Å². The van der Waals surface area contributed by atoms with Gasteiger partial charge in [-0.05, 0) is 11.1 Å². The quantitative estimate of drug-likeness (QED) is 0.560. The van der Waals surface area contributed by atoms with E-state index in [1.54, 1.807) is 4.68 Å². The predicted octanol–water partition coefficient (Wildman–Crippen LogP) is 4.27. The fourth-order valence-electron chi connectivity index (χ4n) is 2.24. The van der Waals surface area contributed by atoms with Gasteiger partial charge in [-0.15, -0.1) is 0 Å². The molecule has 0 bridgehead atoms. The lowest BCUT2D eigenvalue weighted by molar-refractivity contribution is 0.992. The number of rotatable bonds is 2. The SMILES string of the molecule is Nn1cc(-c2ccccc2)c(=S)c(-c2ccccc2)c1. The van der Waals surface area contributed by atoms with Crippen LogP contribution in [0.2, 0.25) is 0 Å². The van der Waals surface area contributed by atoms with E-state index < -0.39 is 0 Å². The van der Waals surface area contributed by atoms with Gasteiger partial charge >= 0.3 is 0 Å². The molecule has 0 aliphatic rings. The molecule has 0 saturated heterocycles. The molecule has 20 heavy (non-hydrogen) atoms. The maximum absolute atomic E-state index is 5.97. The van der Waals surface area contributed by atoms with Crippen molar-refractivity contribution in [3.8, 4) is 22.3 Å². The highest BCUT2D eigenvalue weighted by atomic mass is 32.1. The third-order valence-electron chi connectivity index (χ3n) is 3.22. The number of pyridine rings is 1. The van der Waals surface area contributed by atoms with Crippen molar-refractivity contribution in [1.29, 1.82) is 0 Å². The van der Waals surface area contributed by atoms with E-state index in [1.165, 1.54) is 0 Å². The summed E-state index contributed by atoms with van der Waals surface area (Å²) in [6.45, 7) is 0. The van der Waals surface area contributed by atoms with Crippen LogP contribution < -0.4 is 5.84 Å². The summed E-state index contributed by atoms with van der Waals surface area (Å²) in [6, 6.07) is 20.1. The van der Waals surface area contributed by atoms with Crippen LogP contribution in [-0.2, 0) is 0 Å². The van der Waals surface area contributed by atoms with Crippen LogP contribution in [0.15, 0.2) is 73.1 Å². The average Bonchev–Trinajstić information content (AvgIpc) is 2.51. The second-order valence-corrected chi connectivity index (χ2v) is 5.00. The van der Waals surface area contributed by atoms with Crippen LogP contribution in [0.4, 0.5) is 0 Å². The Labute approximate surface area is 123 Å². The molecular formula is C17H14N2S. The Hall–Kier alpha value is -2.39. The maximum Gasteiger partial charge on any atom is 0.0564 e. The van der Waals surface area contributed by atoms with E-state index in [4.69, 9.17) is 18.1 Å². The molecule has 0 spiro atoms. The smallest absolute Gasteiger partial charge is 0.0564 e. The highest BCUT2D eigenvalue weighted by molar-refractivity contribution is 7.71. The minimum Gasteiger partial charge on any atom is -0.340 e. The average molecular weight is 278 g/mol. The molecule has 3 aromatic rings. The molecule has 2 N–H and O–H groups in total. The molecule has 1 aromatic heterocycles. The maximum atomic E-state index is 5.97. The van der Waals surface area contributed by atoms with Crippen molar-refractivity contribution in [1.82, 2.24) is 4.68 Å². The van der Waals surface area contributed by atoms with Crippen LogP contribution in [-0.4, -0.2) is 4.68 Å². The number of nitrogen functional groups attached to an aromatic ring is 1. The fraction of sp³-hybridized carbons (Fsp3) is 0. The molecule has 0 amide bonds. The Bertz CT molecular complexity index is 713. The summed E-state index contributed by atoms with van der Waals surface area (Å²) in [7, 11) is 0. The third-order valence-corrected chi connectivity index (χ3v) is 3.66. The summed E-state index contributed by atoms with van der Waals surface area (Å²) in [5.41, 5.74) is 4.11. The van der Waals surface area contributed by atoms with E-state index in [1.807, 2.05) is 73.1 Å². The summed E-state index contributed by atoms with van der Waals surface area (Å²) in [5.74, 6) is 5.97. The van der Waals surface area contributed by atoms with E-state index in [9.17, 15) is 0 Å². The van der Waals surface area contributed by atoms with Gasteiger partial charge in [-0.3, -0.25) is 4.68 Å². The summed E-state index contributed by atoms with van der Waals surface area (Å²) >= 11 is 5.65. The Kier molecular flexibility index (Phi) is 3.35. The zero-order valence-electron chi connectivity index (χ0n) is 10.9. The van der Waals surface area contributed by atoms with Gasteiger partial charge in [0, 0.05) is 23.5 Å². The molecule has 0 aliphatic heterocycles. The summed E-state index contributed by atoms with van der Waals surface area (Å²) in [5, 5.41) is 0. The number of nitrogens with zero attached hydrogens (tertiary/aromatic N) is 1. The van der Waals surface area contributed by atoms with Gasteiger partial charge in [0.2, 0.25) is 0 Å². The second kappa shape index (κ2) is 5.31. The lowest BCUT2D eigenvalue weighted by atomic mass is 10.0. The van der Waals surface area contributed by atoms with Crippen LogP contribution in [0.25, 0.3) is 22.3 Å². The first kappa shape index (κ1) is 12.6. The Morgan fingerprint density at radius 3 is 1.50 bits per heavy atom. The number of hydrogen-bond acceptors (Lipinski definition) is 2. The van der Waals surface area contributed by atoms with Gasteiger partial charge in [0.15, 0.2) is 0 Å². The molecule has 98 valence electrons. The molecule has 0 atom stereocenters. The number of benzene rings is 2. The summed E-state index contributed by atoms with van der Waals surface area (Å²) in [4.78, 5) is 0. The molecule has 0 fully saturated rings. The molecule has 1 heterocycles. The van der Waals surface area contributed by atoms with E-state index >= 15 is 0 Å². The van der Waals surface area contributed by atoms with E-state index in [0.29, 0.717) is 0 Å². The standard InChI is InChI=1S/C17H14N2S/c18-19-11-15(13-7-3-1-4-8-13)17(20)16(12-19)14-9-5-2-6-10-14/h1-12H,18H2. The third kappa shape index (κ3) is 2.36. The van der Waals surface area contributed by atoms with Gasteiger partial charge in [-0.2, -0.15) is 0 Å². The fourth-order valence-corrected chi connectivity index (χ4v) is 2.59. The predicted molar refractivity (Wildman–Crippen MR) is 86.3 cm³/mol. The zero-order valence-corrected chi connectivity index (χ0v) is 11.7. The van der Waals surface area contributed by atoms with Gasteiger partial charge in [-0.1, -0.05) is 72.9 Å². The van der Waals surface area contributed by atoms with Crippen molar-refractivity contribution in [3.63, 3.8) is 0 Å². The first-order chi connectivity index (χ1) is 9.75. The van der Waals surface area contributed by atoms with Gasteiger partial charge in [0.25, 0.3) is 0 Å². The Balaban J connectivity index is 2.25. The van der Waals surface area contributed by atoms with Crippen molar-refractivity contribution < 1.29 is 0 Å². The summed E-state index contributed by atoms with van der Waals surface area (Å²) in [6.07, 6.45) is 3.73. The Morgan fingerprint density at radius 2 is 1.10 bits per heavy atom. The van der Waals surface area contributed by atoms with Crippen LogP contribution in [0.1, 0.15) is 0 Å². The minimum absolute atomic E-state index is 0.823. The molecular weight excluding hydrogens is 264 g/mol. The summed E-state index contributed by atoms with van der Waals surface area (Å²) < 4.78 is 2.39. The van der Waals surface area contributed by atoms with Gasteiger partial charge in [0.1, 0.15) is 0 Å². The topological polar surface area (TPSA) is 30.9 Å². The molecule has 0 radical (unpaired) electrons. The van der Waals surface area contributed by atoms with Crippen molar-refractivity contribution in [2.45, 2.75) is 0 Å². The minimum atomic E-state index is 0.823. The zero-order chi connectivity index (χ0) is 13.9. The van der Waals surface area contributed by atoms with Crippen LogP contribution >= 0.6 is 12.2 Å². The van der Waals surface area contributed by atoms with Crippen molar-refractivity contribution >= 4 is 12.2 Å². The van der Waals surface area contributed by atoms with Gasteiger partial charge < -0.3 is 5.84 Å². The van der Waals surface area contributed by atoms with Crippen LogP contribution in [0.3, 0.4) is 0 Å². The highest BCUT2D eigenvalue weighted by Gasteiger charge is 2.07. The molecule has 2 aromatic carbocycles. The lowest BCUT2D eigenvalue weighted by Crippen LogP contribution is -2.09. The molecule has 0 aliphatic carbocycles. The van der Waals surface area contributed by atoms with E-state index in [2.05, 4.69) is 0 Å². The second-order valence-electron chi connectivity index (χ2n) is 4.59. The first-order valence-electron chi connectivity index (χ1n) is 6.38. The largest absolute Gasteiger partial charge is 0.340 e. The van der Waals surface area contributed by atoms with Crippen molar-refractivity contribution in [2.75, 3.05) is 5.84 Å². The number of nitrogens with two attached hydrogens (primary N) is 1. The van der Waals surface area contributed by atoms with Crippen LogP contribution in [0.5, 0.6) is 0 Å². The molecule has 2 nitrogen and oxygen atoms in total. The monoisotopic (exact) mass is 278 g/mol. The molecule has 3 rings (SSSR count). The molecule has 0 saturated carbocycles. The number of hydrogen-bond donors (Lipinski definition) is 1. The van der Waals surface area contributed by atoms with Gasteiger partial charge in [-0.25, -0.2) is 0 Å². The highest BCUT2D eigenvalue weighted by Crippen LogP contribution is 2.28. The van der Waals surface area contributed by atoms with Crippen molar-refractivity contribution in [2.24, 2.45) is 0 Å². The van der Waals surface area contributed by atoms with E-state index in [0.717, 1.165) is 26.8 Å². The lowest BCUT2D eigenvalue weighted by Gasteiger charge is -2.10. The normalized spacial score (nSPS) is 10.4. The van der Waals surface area contributed by atoms with Crippen molar-refractivity contribution in [3.05, 3.63) is 77.6 Å².